The second-order valence-corrected chi connectivity index (χ2v) is 7.23. The highest BCUT2D eigenvalue weighted by Gasteiger charge is 2.33. The molecule has 0 amide bonds. The number of nitriles is 1. The molecule has 2 nitrogen and oxygen atoms in total. The number of aryl methyl sites for hydroxylation is 1. The molecule has 0 unspecified atom stereocenters. The second kappa shape index (κ2) is 10.3. The van der Waals surface area contributed by atoms with Gasteiger partial charge in [0.05, 0.1) is 5.60 Å². The van der Waals surface area contributed by atoms with Crippen LogP contribution in [0.3, 0.4) is 0 Å². The Labute approximate surface area is 157 Å². The van der Waals surface area contributed by atoms with Gasteiger partial charge in [0.15, 0.2) is 5.83 Å². The number of unbranched alkanes of at least 4 members (excludes halogenated alkanes) is 2. The van der Waals surface area contributed by atoms with Crippen LogP contribution in [-0.2, 0) is 11.2 Å². The number of hydrogen-bond donors (Lipinski definition) is 0. The third-order valence-corrected chi connectivity index (χ3v) is 5.51. The fourth-order valence-corrected chi connectivity index (χ4v) is 3.76. The molecule has 2 rings (SSSR count). The molecule has 1 fully saturated rings. The lowest BCUT2D eigenvalue weighted by molar-refractivity contribution is -0.00220. The smallest absolute Gasteiger partial charge is 0.199 e. The van der Waals surface area contributed by atoms with E-state index in [9.17, 15) is 4.39 Å². The predicted molar refractivity (Wildman–Crippen MR) is 105 cm³/mol. The second-order valence-electron chi connectivity index (χ2n) is 7.23. The van der Waals surface area contributed by atoms with Crippen molar-refractivity contribution in [2.24, 2.45) is 0 Å². The van der Waals surface area contributed by atoms with E-state index in [2.05, 4.69) is 31.2 Å². The number of halogens is 1. The van der Waals surface area contributed by atoms with Crippen molar-refractivity contribution in [1.82, 2.24) is 0 Å². The highest BCUT2D eigenvalue weighted by Crippen LogP contribution is 2.40. The van der Waals surface area contributed by atoms with Crippen LogP contribution >= 0.6 is 0 Å². The number of benzene rings is 1. The summed E-state index contributed by atoms with van der Waals surface area (Å²) >= 11 is 0. The Balaban J connectivity index is 1.93. The third-order valence-electron chi connectivity index (χ3n) is 5.51. The molecule has 26 heavy (non-hydrogen) atoms. The molecule has 0 radical (unpaired) electrons. The zero-order chi connectivity index (χ0) is 18.8. The van der Waals surface area contributed by atoms with Crippen LogP contribution in [0, 0.1) is 11.3 Å². The van der Waals surface area contributed by atoms with Crippen molar-refractivity contribution >= 4 is 0 Å². The topological polar surface area (TPSA) is 33.0 Å². The van der Waals surface area contributed by atoms with E-state index in [1.54, 1.807) is 13.2 Å². The zero-order valence-corrected chi connectivity index (χ0v) is 16.0. The summed E-state index contributed by atoms with van der Waals surface area (Å²) < 4.78 is 18.7. The third kappa shape index (κ3) is 5.81. The molecule has 3 heteroatoms. The van der Waals surface area contributed by atoms with Crippen LogP contribution in [-0.4, -0.2) is 12.7 Å². The Hall–Kier alpha value is -1.92. The van der Waals surface area contributed by atoms with Gasteiger partial charge in [0.2, 0.25) is 0 Å². The summed E-state index contributed by atoms with van der Waals surface area (Å²) in [5.74, 6) is -0.219. The quantitative estimate of drug-likeness (QED) is 0.307. The van der Waals surface area contributed by atoms with Crippen LogP contribution in [0.2, 0.25) is 0 Å². The van der Waals surface area contributed by atoms with Crippen molar-refractivity contribution in [3.63, 3.8) is 0 Å². The highest BCUT2D eigenvalue weighted by atomic mass is 19.1. The lowest BCUT2D eigenvalue weighted by Crippen LogP contribution is -2.33. The molecule has 1 aliphatic rings. The van der Waals surface area contributed by atoms with Crippen LogP contribution < -0.4 is 0 Å². The van der Waals surface area contributed by atoms with Gasteiger partial charge in [-0.1, -0.05) is 56.2 Å². The van der Waals surface area contributed by atoms with Gasteiger partial charge >= 0.3 is 0 Å². The normalized spacial score (nSPS) is 23.9. The maximum atomic E-state index is 12.9. The molecule has 0 spiro atoms. The lowest BCUT2D eigenvalue weighted by Gasteiger charge is -2.37. The molecule has 1 aliphatic carbocycles. The lowest BCUT2D eigenvalue weighted by atomic mass is 9.75. The summed E-state index contributed by atoms with van der Waals surface area (Å²) in [6, 6.07) is 10.6. The van der Waals surface area contributed by atoms with E-state index in [0.29, 0.717) is 5.92 Å². The van der Waals surface area contributed by atoms with Crippen molar-refractivity contribution in [1.29, 1.82) is 5.26 Å². The average molecular weight is 355 g/mol. The largest absolute Gasteiger partial charge is 0.374 e. The molecule has 0 aliphatic heterocycles. The molecular weight excluding hydrogens is 325 g/mol. The molecule has 0 heterocycles. The minimum absolute atomic E-state index is 0.344. The first-order chi connectivity index (χ1) is 12.6. The Morgan fingerprint density at radius 1 is 1.27 bits per heavy atom. The Kier molecular flexibility index (Phi) is 8.06. The van der Waals surface area contributed by atoms with Gasteiger partial charge in [-0.2, -0.15) is 9.65 Å². The highest BCUT2D eigenvalue weighted by molar-refractivity contribution is 5.27. The fourth-order valence-electron chi connectivity index (χ4n) is 3.76. The van der Waals surface area contributed by atoms with Crippen LogP contribution in [0.5, 0.6) is 0 Å². The average Bonchev–Trinajstić information content (AvgIpc) is 2.69. The number of ether oxygens (including phenoxy) is 1. The van der Waals surface area contributed by atoms with Crippen LogP contribution in [0.15, 0.2) is 48.3 Å². The molecule has 0 atom stereocenters. The molecule has 1 aromatic carbocycles. The fraction of sp³-hybridized carbons (Fsp3) is 0.522. The van der Waals surface area contributed by atoms with Gasteiger partial charge in [-0.15, -0.1) is 0 Å². The summed E-state index contributed by atoms with van der Waals surface area (Å²) in [4.78, 5) is 0. The molecule has 140 valence electrons. The van der Waals surface area contributed by atoms with E-state index < -0.39 is 5.83 Å². The van der Waals surface area contributed by atoms with E-state index in [1.807, 2.05) is 6.08 Å². The standard InChI is InChI=1S/C23H30FNO/c1-3-4-5-7-19-9-11-20(12-10-19)21-13-16-23(26-2,17-14-21)15-6-8-22(24)18-25/h6,8-12,15,21H,3-5,7,13-14,16-17H2,1-2H3. The van der Waals surface area contributed by atoms with Gasteiger partial charge in [0.1, 0.15) is 6.07 Å². The van der Waals surface area contributed by atoms with Crippen molar-refractivity contribution < 1.29 is 9.13 Å². The van der Waals surface area contributed by atoms with E-state index in [-0.39, 0.29) is 5.60 Å². The molecule has 0 aromatic heterocycles. The number of hydrogen-bond acceptors (Lipinski definition) is 2. The molecule has 0 saturated heterocycles. The Morgan fingerprint density at radius 2 is 1.96 bits per heavy atom. The number of allylic oxidation sites excluding steroid dienone is 3. The zero-order valence-electron chi connectivity index (χ0n) is 16.0. The maximum Gasteiger partial charge on any atom is 0.199 e. The molecule has 1 aromatic rings. The monoisotopic (exact) mass is 355 g/mol. The summed E-state index contributed by atoms with van der Waals surface area (Å²) in [6.45, 7) is 2.23. The van der Waals surface area contributed by atoms with E-state index in [1.165, 1.54) is 49.0 Å². The van der Waals surface area contributed by atoms with E-state index in [4.69, 9.17) is 10.00 Å². The van der Waals surface area contributed by atoms with Gasteiger partial charge in [0, 0.05) is 7.11 Å². The van der Waals surface area contributed by atoms with Crippen molar-refractivity contribution in [2.45, 2.75) is 69.8 Å². The summed E-state index contributed by atoms with van der Waals surface area (Å²) in [5.41, 5.74) is 2.50. The van der Waals surface area contributed by atoms with Gasteiger partial charge in [-0.25, -0.2) is 0 Å². The first-order valence-corrected chi connectivity index (χ1v) is 9.71. The molecule has 1 saturated carbocycles. The number of methoxy groups -OCH3 is 1. The van der Waals surface area contributed by atoms with Crippen LogP contribution in [0.1, 0.15) is 68.9 Å². The van der Waals surface area contributed by atoms with Crippen LogP contribution in [0.4, 0.5) is 4.39 Å². The molecular formula is C23H30FNO. The maximum absolute atomic E-state index is 12.9. The van der Waals surface area contributed by atoms with Crippen molar-refractivity contribution in [3.05, 3.63) is 59.4 Å². The van der Waals surface area contributed by atoms with Gasteiger partial charge < -0.3 is 4.74 Å². The minimum atomic E-state index is -0.778. The first kappa shape index (κ1) is 20.4. The Morgan fingerprint density at radius 3 is 2.54 bits per heavy atom. The predicted octanol–water partition coefficient (Wildman–Crippen LogP) is 6.40. The van der Waals surface area contributed by atoms with Gasteiger partial charge in [-0.3, -0.25) is 0 Å². The van der Waals surface area contributed by atoms with Gasteiger partial charge in [0.25, 0.3) is 0 Å². The molecule has 0 N–H and O–H groups in total. The van der Waals surface area contributed by atoms with Crippen molar-refractivity contribution in [3.8, 4) is 6.07 Å². The first-order valence-electron chi connectivity index (χ1n) is 9.71. The SMILES string of the molecule is CCCCCc1ccc(C2CCC(C=CC=C(F)C#N)(OC)CC2)cc1. The number of rotatable bonds is 8. The van der Waals surface area contributed by atoms with E-state index in [0.717, 1.165) is 25.7 Å². The van der Waals surface area contributed by atoms with E-state index >= 15 is 0 Å². The Bertz CT molecular complexity index is 646. The van der Waals surface area contributed by atoms with Crippen LogP contribution in [0.25, 0.3) is 0 Å². The summed E-state index contributed by atoms with van der Waals surface area (Å²) in [6.07, 6.45) is 13.6. The number of nitrogens with zero attached hydrogens (tertiary/aromatic N) is 1. The summed E-state index contributed by atoms with van der Waals surface area (Å²) in [5, 5.41) is 8.48. The van der Waals surface area contributed by atoms with Crippen molar-refractivity contribution in [2.75, 3.05) is 7.11 Å². The summed E-state index contributed by atoms with van der Waals surface area (Å²) in [7, 11) is 1.71. The minimum Gasteiger partial charge on any atom is -0.374 e. The van der Waals surface area contributed by atoms with Gasteiger partial charge in [-0.05, 0) is 61.6 Å². The molecule has 0 bridgehead atoms.